The molecule has 0 amide bonds. The largest absolute Gasteiger partial charge is 0.403 e. The van der Waals surface area contributed by atoms with Crippen molar-refractivity contribution in [2.45, 2.75) is 32.8 Å². The fraction of sp³-hybridized carbons (Fsp3) is 0.179. The first-order valence-corrected chi connectivity index (χ1v) is 12.7. The molecule has 1 aromatic heterocycles. The Labute approximate surface area is 202 Å². The van der Waals surface area contributed by atoms with Gasteiger partial charge in [-0.15, -0.1) is 0 Å². The zero-order valence-electron chi connectivity index (χ0n) is 19.0. The fourth-order valence-corrected chi connectivity index (χ4v) is 6.54. The van der Waals surface area contributed by atoms with Gasteiger partial charge in [0.25, 0.3) is 9.04 Å². The quantitative estimate of drug-likeness (QED) is 0.343. The maximum absolute atomic E-state index is 9.64. The van der Waals surface area contributed by atoms with E-state index in [9.17, 15) is 5.26 Å². The van der Waals surface area contributed by atoms with Gasteiger partial charge in [-0.25, -0.2) is 0 Å². The van der Waals surface area contributed by atoms with Crippen molar-refractivity contribution in [2.24, 2.45) is 0 Å². The molecule has 1 heterocycles. The Morgan fingerprint density at radius 2 is 1.48 bits per heavy atom. The Balaban J connectivity index is 1.82. The Bertz CT molecular complexity index is 1230. The van der Waals surface area contributed by atoms with Gasteiger partial charge < -0.3 is 8.99 Å². The minimum atomic E-state index is -1.49. The van der Waals surface area contributed by atoms with Crippen molar-refractivity contribution in [3.63, 3.8) is 0 Å². The summed E-state index contributed by atoms with van der Waals surface area (Å²) in [6.45, 7) is 6.86. The number of halogens is 1. The molecule has 0 N–H and O–H groups in total. The molecule has 0 saturated heterocycles. The van der Waals surface area contributed by atoms with E-state index in [-0.39, 0.29) is 5.41 Å². The van der Waals surface area contributed by atoms with Crippen molar-refractivity contribution in [1.82, 2.24) is 4.57 Å². The number of rotatable bonds is 6. The topological polar surface area (TPSA) is 38.0 Å². The van der Waals surface area contributed by atoms with E-state index < -0.39 is 9.04 Å². The van der Waals surface area contributed by atoms with Gasteiger partial charge >= 0.3 is 0 Å². The molecule has 4 rings (SSSR count). The number of hydrogen-bond acceptors (Lipinski definition) is 2. The van der Waals surface area contributed by atoms with Crippen LogP contribution in [0.1, 0.15) is 37.6 Å². The minimum Gasteiger partial charge on any atom is -0.403 e. The van der Waals surface area contributed by atoms with E-state index in [4.69, 9.17) is 16.0 Å². The molecule has 0 aliphatic carbocycles. The molecular weight excluding hydrogens is 444 g/mol. The summed E-state index contributed by atoms with van der Waals surface area (Å²) in [4.78, 5) is 0. The summed E-state index contributed by atoms with van der Waals surface area (Å²) in [5.41, 5.74) is 3.36. The van der Waals surface area contributed by atoms with Crippen LogP contribution in [-0.2, 0) is 16.4 Å². The van der Waals surface area contributed by atoms with Crippen LogP contribution in [0.5, 0.6) is 0 Å². The van der Waals surface area contributed by atoms with Gasteiger partial charge in [0, 0.05) is 16.8 Å². The molecule has 4 aromatic rings. The molecule has 0 saturated carbocycles. The van der Waals surface area contributed by atoms with Gasteiger partial charge in [0.05, 0.1) is 12.3 Å². The molecule has 3 nitrogen and oxygen atoms in total. The van der Waals surface area contributed by atoms with E-state index in [1.165, 1.54) is 10.4 Å². The molecule has 0 bridgehead atoms. The second kappa shape index (κ2) is 9.80. The van der Waals surface area contributed by atoms with Gasteiger partial charge in [-0.1, -0.05) is 93.0 Å². The highest BCUT2D eigenvalue weighted by atomic mass is 35.5. The van der Waals surface area contributed by atoms with Gasteiger partial charge in [-0.2, -0.15) is 5.26 Å². The third-order valence-corrected chi connectivity index (χ3v) is 8.01. The van der Waals surface area contributed by atoms with Crippen LogP contribution in [0.25, 0.3) is 5.69 Å². The summed E-state index contributed by atoms with van der Waals surface area (Å²) in [5.74, 6) is 0. The number of hydrogen-bond donors (Lipinski definition) is 0. The SMILES string of the molecule is CC(C)(C)c1c(Cl)ccc(-n2cccc2C#N)c1CO[Si](c1ccccc1)c1ccccc1. The predicted molar refractivity (Wildman–Crippen MR) is 137 cm³/mol. The summed E-state index contributed by atoms with van der Waals surface area (Å²) in [6, 6.07) is 30.7. The molecule has 0 spiro atoms. The molecule has 0 unspecified atom stereocenters. The lowest BCUT2D eigenvalue weighted by molar-refractivity contribution is 0.317. The minimum absolute atomic E-state index is 0.196. The summed E-state index contributed by atoms with van der Waals surface area (Å²) < 4.78 is 8.67. The van der Waals surface area contributed by atoms with Gasteiger partial charge in [0.1, 0.15) is 11.8 Å². The smallest absolute Gasteiger partial charge is 0.283 e. The molecular formula is C28H26ClN2OSi. The first-order chi connectivity index (χ1) is 15.9. The lowest BCUT2D eigenvalue weighted by Crippen LogP contribution is -2.44. The average molecular weight is 470 g/mol. The molecule has 1 radical (unpaired) electrons. The van der Waals surface area contributed by atoms with Crippen molar-refractivity contribution in [2.75, 3.05) is 0 Å². The van der Waals surface area contributed by atoms with Gasteiger partial charge in [0.15, 0.2) is 0 Å². The van der Waals surface area contributed by atoms with Crippen LogP contribution in [0.2, 0.25) is 5.02 Å². The zero-order valence-corrected chi connectivity index (χ0v) is 20.8. The standard InChI is InChI=1S/C28H26ClN2OSi/c1-28(2,3)27-24(26(17-16-25(27)29)31-18-10-11-21(31)19-30)20-32-33(22-12-6-4-7-13-22)23-14-8-5-9-15-23/h4-18H,20H2,1-3H3. The molecule has 0 aliphatic heterocycles. The zero-order chi connectivity index (χ0) is 23.4. The van der Waals surface area contributed by atoms with E-state index >= 15 is 0 Å². The maximum Gasteiger partial charge on any atom is 0.283 e. The van der Waals surface area contributed by atoms with Crippen LogP contribution < -0.4 is 10.4 Å². The highest BCUT2D eigenvalue weighted by Gasteiger charge is 2.27. The lowest BCUT2D eigenvalue weighted by atomic mass is 9.83. The summed E-state index contributed by atoms with van der Waals surface area (Å²) in [7, 11) is -1.49. The van der Waals surface area contributed by atoms with Crippen molar-refractivity contribution >= 4 is 31.0 Å². The highest BCUT2D eigenvalue weighted by molar-refractivity contribution is 6.80. The van der Waals surface area contributed by atoms with Crippen molar-refractivity contribution < 1.29 is 4.43 Å². The monoisotopic (exact) mass is 469 g/mol. The molecule has 3 aromatic carbocycles. The number of aromatic nitrogens is 1. The Morgan fingerprint density at radius 1 is 0.879 bits per heavy atom. The average Bonchev–Trinajstić information content (AvgIpc) is 3.28. The van der Waals surface area contributed by atoms with Crippen molar-refractivity contribution in [3.8, 4) is 11.8 Å². The Kier molecular flexibility index (Phi) is 6.85. The molecule has 5 heteroatoms. The third-order valence-electron chi connectivity index (χ3n) is 5.54. The molecule has 0 aliphatic rings. The van der Waals surface area contributed by atoms with E-state index in [0.717, 1.165) is 16.8 Å². The van der Waals surface area contributed by atoms with Crippen molar-refractivity contribution in [1.29, 1.82) is 5.26 Å². The maximum atomic E-state index is 9.64. The van der Waals surface area contributed by atoms with Gasteiger partial charge in [-0.3, -0.25) is 0 Å². The van der Waals surface area contributed by atoms with Crippen LogP contribution in [0.4, 0.5) is 0 Å². The first kappa shape index (κ1) is 23.1. The van der Waals surface area contributed by atoms with Crippen LogP contribution >= 0.6 is 11.6 Å². The van der Waals surface area contributed by atoms with Crippen LogP contribution in [-0.4, -0.2) is 13.6 Å². The summed E-state index contributed by atoms with van der Waals surface area (Å²) in [6.07, 6.45) is 1.91. The second-order valence-corrected chi connectivity index (χ2v) is 11.4. The lowest BCUT2D eigenvalue weighted by Gasteiger charge is -2.28. The van der Waals surface area contributed by atoms with Gasteiger partial charge in [-0.05, 0) is 45.6 Å². The molecule has 165 valence electrons. The molecule has 33 heavy (non-hydrogen) atoms. The van der Waals surface area contributed by atoms with Crippen LogP contribution in [0.3, 0.4) is 0 Å². The highest BCUT2D eigenvalue weighted by Crippen LogP contribution is 2.36. The van der Waals surface area contributed by atoms with E-state index in [0.29, 0.717) is 17.3 Å². The summed E-state index contributed by atoms with van der Waals surface area (Å²) in [5, 5.41) is 12.7. The number of nitriles is 1. The fourth-order valence-electron chi connectivity index (χ4n) is 4.13. The summed E-state index contributed by atoms with van der Waals surface area (Å²) >= 11 is 6.75. The Morgan fingerprint density at radius 3 is 2.03 bits per heavy atom. The van der Waals surface area contributed by atoms with Gasteiger partial charge in [0.2, 0.25) is 0 Å². The normalized spacial score (nSPS) is 11.5. The molecule has 0 atom stereocenters. The van der Waals surface area contributed by atoms with E-state index in [1.807, 2.05) is 47.2 Å². The second-order valence-electron chi connectivity index (χ2n) is 8.90. The Hall–Kier alpha value is -3.10. The number of benzene rings is 3. The van der Waals surface area contributed by atoms with E-state index in [2.05, 4.69) is 75.4 Å². The van der Waals surface area contributed by atoms with Crippen LogP contribution in [0, 0.1) is 11.3 Å². The molecule has 0 fully saturated rings. The van der Waals surface area contributed by atoms with E-state index in [1.54, 1.807) is 0 Å². The van der Waals surface area contributed by atoms with Crippen molar-refractivity contribution in [3.05, 3.63) is 113 Å². The number of nitrogens with zero attached hydrogens (tertiary/aromatic N) is 2. The van der Waals surface area contributed by atoms with Crippen LogP contribution in [0.15, 0.2) is 91.1 Å². The third kappa shape index (κ3) is 4.96. The predicted octanol–water partition coefficient (Wildman–Crippen LogP) is 5.62. The first-order valence-electron chi connectivity index (χ1n) is 10.9.